The minimum Gasteiger partial charge on any atom is -0.337 e. The topological polar surface area (TPSA) is 29.9 Å². The second-order valence-electron chi connectivity index (χ2n) is 4.35. The van der Waals surface area contributed by atoms with Crippen molar-refractivity contribution in [2.24, 2.45) is 0 Å². The first-order chi connectivity index (χ1) is 7.95. The fraction of sp³-hybridized carbons (Fsp3) is 0.750. The Balaban J connectivity index is 1.48. The molecule has 1 aliphatic heterocycles. The number of rotatable bonds is 6. The van der Waals surface area contributed by atoms with E-state index in [1.807, 2.05) is 18.7 Å². The molecule has 90 valence electrons. The molecule has 1 N–H and O–H groups in total. The van der Waals surface area contributed by atoms with Gasteiger partial charge < -0.3 is 9.88 Å². The predicted molar refractivity (Wildman–Crippen MR) is 69.8 cm³/mol. The second kappa shape index (κ2) is 6.97. The van der Waals surface area contributed by atoms with Crippen LogP contribution in [0.15, 0.2) is 18.7 Å². The number of nitrogens with one attached hydrogen (secondary N) is 1. The van der Waals surface area contributed by atoms with Gasteiger partial charge in [0.15, 0.2) is 0 Å². The van der Waals surface area contributed by atoms with E-state index in [9.17, 15) is 0 Å². The summed E-state index contributed by atoms with van der Waals surface area (Å²) in [5.74, 6) is 2.68. The summed E-state index contributed by atoms with van der Waals surface area (Å²) in [5, 5.41) is 3.66. The summed E-state index contributed by atoms with van der Waals surface area (Å²) >= 11 is 2.09. The van der Waals surface area contributed by atoms with Gasteiger partial charge in [-0.1, -0.05) is 0 Å². The fourth-order valence-corrected chi connectivity index (χ4v) is 3.15. The molecule has 4 heteroatoms. The van der Waals surface area contributed by atoms with Gasteiger partial charge in [-0.05, 0) is 43.7 Å². The van der Waals surface area contributed by atoms with Crippen LogP contribution in [0.5, 0.6) is 0 Å². The van der Waals surface area contributed by atoms with E-state index in [0.717, 1.165) is 12.6 Å². The highest BCUT2D eigenvalue weighted by Crippen LogP contribution is 2.16. The van der Waals surface area contributed by atoms with Crippen LogP contribution >= 0.6 is 11.8 Å². The number of aromatic nitrogens is 2. The Kier molecular flexibility index (Phi) is 5.22. The Bertz CT molecular complexity index is 268. The number of aryl methyl sites for hydroxylation is 1. The summed E-state index contributed by atoms with van der Waals surface area (Å²) in [6, 6.07) is 0.787. The molecule has 0 bridgehead atoms. The zero-order chi connectivity index (χ0) is 11.1. The highest BCUT2D eigenvalue weighted by atomic mass is 32.2. The molecule has 0 spiro atoms. The maximum atomic E-state index is 4.04. The average Bonchev–Trinajstić information content (AvgIpc) is 2.83. The van der Waals surface area contributed by atoms with Crippen molar-refractivity contribution in [3.8, 4) is 0 Å². The summed E-state index contributed by atoms with van der Waals surface area (Å²) in [6.45, 7) is 2.27. The predicted octanol–water partition coefficient (Wildman–Crippen LogP) is 2.15. The van der Waals surface area contributed by atoms with Gasteiger partial charge in [-0.15, -0.1) is 0 Å². The maximum absolute atomic E-state index is 4.04. The van der Waals surface area contributed by atoms with E-state index in [1.165, 1.54) is 43.7 Å². The van der Waals surface area contributed by atoms with Crippen LogP contribution in [0.3, 0.4) is 0 Å². The van der Waals surface area contributed by atoms with Gasteiger partial charge in [-0.25, -0.2) is 4.98 Å². The number of hydrogen-bond acceptors (Lipinski definition) is 3. The lowest BCUT2D eigenvalue weighted by molar-refractivity contribution is 0.464. The Morgan fingerprint density at radius 1 is 1.31 bits per heavy atom. The highest BCUT2D eigenvalue weighted by molar-refractivity contribution is 7.99. The molecule has 0 radical (unpaired) electrons. The minimum atomic E-state index is 0.787. The maximum Gasteiger partial charge on any atom is 0.0945 e. The third-order valence-corrected chi connectivity index (χ3v) is 4.11. The first kappa shape index (κ1) is 12.0. The molecule has 1 fully saturated rings. The van der Waals surface area contributed by atoms with Gasteiger partial charge >= 0.3 is 0 Å². The van der Waals surface area contributed by atoms with E-state index in [0.29, 0.717) is 0 Å². The number of imidazole rings is 1. The van der Waals surface area contributed by atoms with Crippen LogP contribution in [-0.2, 0) is 6.54 Å². The molecule has 0 amide bonds. The van der Waals surface area contributed by atoms with E-state index in [4.69, 9.17) is 0 Å². The standard InChI is InChI=1S/C12H21N3S/c1(2-7-15-8-6-13-11-15)5-14-12-3-9-16-10-4-12/h6,8,11-12,14H,1-5,7,9-10H2. The summed E-state index contributed by atoms with van der Waals surface area (Å²) in [6.07, 6.45) is 11.0. The van der Waals surface area contributed by atoms with Gasteiger partial charge in [0, 0.05) is 25.0 Å². The smallest absolute Gasteiger partial charge is 0.0945 e. The van der Waals surface area contributed by atoms with Gasteiger partial charge in [0.25, 0.3) is 0 Å². The molecule has 2 rings (SSSR count). The summed E-state index contributed by atoms with van der Waals surface area (Å²) in [4.78, 5) is 4.04. The molecule has 0 aliphatic carbocycles. The van der Waals surface area contributed by atoms with E-state index < -0.39 is 0 Å². The largest absolute Gasteiger partial charge is 0.337 e. The van der Waals surface area contributed by atoms with Crippen molar-refractivity contribution in [3.63, 3.8) is 0 Å². The molecule has 16 heavy (non-hydrogen) atoms. The lowest BCUT2D eigenvalue weighted by atomic mass is 10.1. The quantitative estimate of drug-likeness (QED) is 0.771. The van der Waals surface area contributed by atoms with Crippen molar-refractivity contribution in [2.75, 3.05) is 18.1 Å². The van der Waals surface area contributed by atoms with Crippen molar-refractivity contribution in [2.45, 2.75) is 38.3 Å². The second-order valence-corrected chi connectivity index (χ2v) is 5.57. The van der Waals surface area contributed by atoms with Crippen molar-refractivity contribution < 1.29 is 0 Å². The molecule has 1 aliphatic rings. The fourth-order valence-electron chi connectivity index (χ4n) is 2.05. The van der Waals surface area contributed by atoms with Crippen LogP contribution in [-0.4, -0.2) is 33.6 Å². The zero-order valence-corrected chi connectivity index (χ0v) is 10.6. The third-order valence-electron chi connectivity index (χ3n) is 3.06. The summed E-state index contributed by atoms with van der Waals surface area (Å²) in [7, 11) is 0. The minimum absolute atomic E-state index is 0.787. The Morgan fingerprint density at radius 3 is 2.94 bits per heavy atom. The van der Waals surface area contributed by atoms with Crippen LogP contribution in [0, 0.1) is 0 Å². The Labute approximate surface area is 102 Å². The normalized spacial score (nSPS) is 17.8. The third kappa shape index (κ3) is 4.18. The summed E-state index contributed by atoms with van der Waals surface area (Å²) in [5.41, 5.74) is 0. The van der Waals surface area contributed by atoms with Crippen molar-refractivity contribution in [3.05, 3.63) is 18.7 Å². The molecule has 1 aromatic heterocycles. The number of unbranched alkanes of at least 4 members (excludes halogenated alkanes) is 1. The number of nitrogens with zero attached hydrogens (tertiary/aromatic N) is 2. The lowest BCUT2D eigenvalue weighted by Crippen LogP contribution is -2.33. The molecule has 1 saturated heterocycles. The Hall–Kier alpha value is -0.480. The van der Waals surface area contributed by atoms with E-state index in [2.05, 4.69) is 26.6 Å². The molecule has 0 unspecified atom stereocenters. The molecule has 0 saturated carbocycles. The van der Waals surface area contributed by atoms with Crippen LogP contribution < -0.4 is 5.32 Å². The number of hydrogen-bond donors (Lipinski definition) is 1. The van der Waals surface area contributed by atoms with Crippen molar-refractivity contribution in [1.82, 2.24) is 14.9 Å². The van der Waals surface area contributed by atoms with Gasteiger partial charge in [-0.2, -0.15) is 11.8 Å². The Morgan fingerprint density at radius 2 is 2.19 bits per heavy atom. The monoisotopic (exact) mass is 239 g/mol. The first-order valence-corrected chi connectivity index (χ1v) is 7.37. The van der Waals surface area contributed by atoms with Gasteiger partial charge in [0.1, 0.15) is 0 Å². The lowest BCUT2D eigenvalue weighted by Gasteiger charge is -2.22. The SMILES string of the molecule is c1cn(CCCCNC2CCSCC2)cn1. The van der Waals surface area contributed by atoms with Crippen LogP contribution in [0.4, 0.5) is 0 Å². The molecular weight excluding hydrogens is 218 g/mol. The van der Waals surface area contributed by atoms with Crippen molar-refractivity contribution in [1.29, 1.82) is 0 Å². The molecular formula is C12H21N3S. The molecule has 3 nitrogen and oxygen atoms in total. The molecule has 2 heterocycles. The van der Waals surface area contributed by atoms with Crippen molar-refractivity contribution >= 4 is 11.8 Å². The first-order valence-electron chi connectivity index (χ1n) is 6.22. The molecule has 0 atom stereocenters. The molecule has 0 aromatic carbocycles. The average molecular weight is 239 g/mol. The van der Waals surface area contributed by atoms with Crippen LogP contribution in [0.25, 0.3) is 0 Å². The van der Waals surface area contributed by atoms with E-state index >= 15 is 0 Å². The van der Waals surface area contributed by atoms with Crippen LogP contribution in [0.2, 0.25) is 0 Å². The number of thioether (sulfide) groups is 1. The summed E-state index contributed by atoms with van der Waals surface area (Å²) < 4.78 is 2.15. The zero-order valence-electron chi connectivity index (χ0n) is 9.77. The van der Waals surface area contributed by atoms with Gasteiger partial charge in [-0.3, -0.25) is 0 Å². The van der Waals surface area contributed by atoms with E-state index in [-0.39, 0.29) is 0 Å². The van der Waals surface area contributed by atoms with Gasteiger partial charge in [0.2, 0.25) is 0 Å². The van der Waals surface area contributed by atoms with E-state index in [1.54, 1.807) is 0 Å². The molecule has 1 aromatic rings. The van der Waals surface area contributed by atoms with Crippen LogP contribution in [0.1, 0.15) is 25.7 Å². The van der Waals surface area contributed by atoms with Gasteiger partial charge in [0.05, 0.1) is 6.33 Å². The highest BCUT2D eigenvalue weighted by Gasteiger charge is 2.11.